The van der Waals surface area contributed by atoms with Crippen molar-refractivity contribution in [2.45, 2.75) is 13.2 Å². The molecule has 0 fully saturated rings. The van der Waals surface area contributed by atoms with Gasteiger partial charge in [-0.3, -0.25) is 9.78 Å². The quantitative estimate of drug-likeness (QED) is 0.295. The Morgan fingerprint density at radius 3 is 2.03 bits per heavy atom. The van der Waals surface area contributed by atoms with E-state index in [9.17, 15) is 4.79 Å². The number of carbonyl (C=O) groups is 1. The second-order valence-corrected chi connectivity index (χ2v) is 7.19. The number of rotatable bonds is 9. The van der Waals surface area contributed by atoms with Gasteiger partial charge in [-0.1, -0.05) is 60.7 Å². The van der Waals surface area contributed by atoms with Crippen LogP contribution in [0.2, 0.25) is 0 Å². The monoisotopic (exact) mass is 437 g/mol. The number of nitrogens with zero attached hydrogens (tertiary/aromatic N) is 2. The first-order chi connectivity index (χ1) is 16.3. The van der Waals surface area contributed by atoms with Crippen LogP contribution in [0.5, 0.6) is 11.5 Å². The summed E-state index contributed by atoms with van der Waals surface area (Å²) in [5, 5.41) is 4.06. The number of hydrazone groups is 1. The fraction of sp³-hybridized carbons (Fsp3) is 0.0741. The van der Waals surface area contributed by atoms with Crippen LogP contribution < -0.4 is 14.9 Å². The van der Waals surface area contributed by atoms with Crippen LogP contribution >= 0.6 is 0 Å². The maximum Gasteiger partial charge on any atom is 0.271 e. The van der Waals surface area contributed by atoms with E-state index in [1.165, 1.54) is 0 Å². The van der Waals surface area contributed by atoms with Gasteiger partial charge >= 0.3 is 0 Å². The zero-order chi connectivity index (χ0) is 22.7. The van der Waals surface area contributed by atoms with Crippen LogP contribution in [0.3, 0.4) is 0 Å². The average Bonchev–Trinajstić information content (AvgIpc) is 2.88. The molecule has 3 aromatic carbocycles. The third-order valence-corrected chi connectivity index (χ3v) is 4.76. The van der Waals surface area contributed by atoms with Crippen molar-refractivity contribution < 1.29 is 14.3 Å². The first-order valence-electron chi connectivity index (χ1n) is 10.5. The Morgan fingerprint density at radius 2 is 1.39 bits per heavy atom. The van der Waals surface area contributed by atoms with Crippen LogP contribution in [0, 0.1) is 0 Å². The Labute approximate surface area is 192 Å². The predicted octanol–water partition coefficient (Wildman–Crippen LogP) is 5.00. The Balaban J connectivity index is 1.47. The third kappa shape index (κ3) is 6.51. The van der Waals surface area contributed by atoms with Gasteiger partial charge in [-0.2, -0.15) is 5.10 Å². The van der Waals surface area contributed by atoms with Crippen LogP contribution in [0.25, 0.3) is 0 Å². The van der Waals surface area contributed by atoms with Gasteiger partial charge in [0, 0.05) is 18.0 Å². The number of hydrogen-bond acceptors (Lipinski definition) is 5. The van der Waals surface area contributed by atoms with Gasteiger partial charge in [0.15, 0.2) is 11.5 Å². The molecule has 0 saturated carbocycles. The molecule has 33 heavy (non-hydrogen) atoms. The molecule has 1 aromatic heterocycles. The SMILES string of the molecule is O=C(NN=Cc1ccc(OCc2ccccc2)c(OCc2ccccc2)c1)c1ccncc1. The van der Waals surface area contributed by atoms with Gasteiger partial charge in [-0.15, -0.1) is 0 Å². The van der Waals surface area contributed by atoms with Gasteiger partial charge < -0.3 is 9.47 Å². The van der Waals surface area contributed by atoms with Gasteiger partial charge in [0.2, 0.25) is 0 Å². The smallest absolute Gasteiger partial charge is 0.271 e. The van der Waals surface area contributed by atoms with E-state index in [1.54, 1.807) is 30.7 Å². The standard InChI is InChI=1S/C27H23N3O3/c31-27(24-13-15-28-16-14-24)30-29-18-23-11-12-25(32-19-21-7-3-1-4-8-21)26(17-23)33-20-22-9-5-2-6-10-22/h1-18H,19-20H2,(H,30,31). The molecule has 164 valence electrons. The molecule has 0 aliphatic heterocycles. The molecule has 0 spiro atoms. The van der Waals surface area contributed by atoms with Crippen molar-refractivity contribution in [3.63, 3.8) is 0 Å². The summed E-state index contributed by atoms with van der Waals surface area (Å²) in [6.07, 6.45) is 4.68. The average molecular weight is 437 g/mol. The maximum absolute atomic E-state index is 12.1. The summed E-state index contributed by atoms with van der Waals surface area (Å²) < 4.78 is 12.1. The van der Waals surface area contributed by atoms with Crippen molar-refractivity contribution in [3.05, 3.63) is 126 Å². The van der Waals surface area contributed by atoms with Crippen molar-refractivity contribution >= 4 is 12.1 Å². The fourth-order valence-corrected chi connectivity index (χ4v) is 3.04. The first-order valence-corrected chi connectivity index (χ1v) is 10.5. The molecule has 0 saturated heterocycles. The topological polar surface area (TPSA) is 72.8 Å². The number of benzene rings is 3. The summed E-state index contributed by atoms with van der Waals surface area (Å²) in [5.74, 6) is 0.920. The summed E-state index contributed by atoms with van der Waals surface area (Å²) in [7, 11) is 0. The molecule has 6 heteroatoms. The number of hydrogen-bond donors (Lipinski definition) is 1. The van der Waals surface area contributed by atoms with E-state index < -0.39 is 0 Å². The minimum absolute atomic E-state index is 0.308. The second kappa shape index (κ2) is 11.2. The van der Waals surface area contributed by atoms with Crippen molar-refractivity contribution in [1.82, 2.24) is 10.4 Å². The molecular formula is C27H23N3O3. The van der Waals surface area contributed by atoms with Crippen molar-refractivity contribution in [2.75, 3.05) is 0 Å². The van der Waals surface area contributed by atoms with Crippen LogP contribution in [0.4, 0.5) is 0 Å². The number of pyridine rings is 1. The zero-order valence-corrected chi connectivity index (χ0v) is 17.9. The molecular weight excluding hydrogens is 414 g/mol. The van der Waals surface area contributed by atoms with Crippen molar-refractivity contribution in [2.24, 2.45) is 5.10 Å². The van der Waals surface area contributed by atoms with Crippen LogP contribution in [0.15, 0.2) is 108 Å². The lowest BCUT2D eigenvalue weighted by atomic mass is 10.2. The Hall–Kier alpha value is -4.45. The van der Waals surface area contributed by atoms with Gasteiger partial charge in [0.1, 0.15) is 13.2 Å². The Bertz CT molecular complexity index is 1200. The number of aromatic nitrogens is 1. The Kier molecular flexibility index (Phi) is 7.42. The molecule has 4 aromatic rings. The highest BCUT2D eigenvalue weighted by atomic mass is 16.5. The molecule has 1 amide bonds. The number of amides is 1. The molecule has 4 rings (SSSR count). The molecule has 1 heterocycles. The van der Waals surface area contributed by atoms with Gasteiger partial charge in [0.05, 0.1) is 6.21 Å². The van der Waals surface area contributed by atoms with E-state index in [4.69, 9.17) is 9.47 Å². The Morgan fingerprint density at radius 1 is 0.788 bits per heavy atom. The lowest BCUT2D eigenvalue weighted by molar-refractivity contribution is 0.0955. The zero-order valence-electron chi connectivity index (χ0n) is 17.9. The maximum atomic E-state index is 12.1. The highest BCUT2D eigenvalue weighted by Crippen LogP contribution is 2.29. The molecule has 1 N–H and O–H groups in total. The van der Waals surface area contributed by atoms with E-state index in [2.05, 4.69) is 15.5 Å². The molecule has 6 nitrogen and oxygen atoms in total. The predicted molar refractivity (Wildman–Crippen MR) is 127 cm³/mol. The number of ether oxygens (including phenoxy) is 2. The van der Waals surface area contributed by atoms with Gasteiger partial charge in [0.25, 0.3) is 5.91 Å². The van der Waals surface area contributed by atoms with E-state index in [0.29, 0.717) is 30.3 Å². The summed E-state index contributed by atoms with van der Waals surface area (Å²) >= 11 is 0. The van der Waals surface area contributed by atoms with Gasteiger partial charge in [-0.25, -0.2) is 5.43 Å². The number of carbonyl (C=O) groups excluding carboxylic acids is 1. The van der Waals surface area contributed by atoms with Crippen LogP contribution in [0.1, 0.15) is 27.0 Å². The van der Waals surface area contributed by atoms with Crippen LogP contribution in [-0.2, 0) is 13.2 Å². The van der Waals surface area contributed by atoms with E-state index in [1.807, 2.05) is 78.9 Å². The highest BCUT2D eigenvalue weighted by molar-refractivity contribution is 5.94. The largest absolute Gasteiger partial charge is 0.485 e. The van der Waals surface area contributed by atoms with Crippen molar-refractivity contribution in [1.29, 1.82) is 0 Å². The first kappa shape index (κ1) is 21.8. The minimum Gasteiger partial charge on any atom is -0.485 e. The normalized spacial score (nSPS) is 10.7. The summed E-state index contributed by atoms with van der Waals surface area (Å²) in [5.41, 5.74) is 5.88. The third-order valence-electron chi connectivity index (χ3n) is 4.76. The van der Waals surface area contributed by atoms with E-state index in [-0.39, 0.29) is 5.91 Å². The molecule has 0 aliphatic carbocycles. The van der Waals surface area contributed by atoms with E-state index in [0.717, 1.165) is 16.7 Å². The van der Waals surface area contributed by atoms with Crippen LogP contribution in [-0.4, -0.2) is 17.1 Å². The molecule has 0 aliphatic rings. The van der Waals surface area contributed by atoms with E-state index >= 15 is 0 Å². The highest BCUT2D eigenvalue weighted by Gasteiger charge is 2.08. The second-order valence-electron chi connectivity index (χ2n) is 7.19. The molecule has 0 radical (unpaired) electrons. The molecule has 0 atom stereocenters. The summed E-state index contributed by atoms with van der Waals surface area (Å²) in [6.45, 7) is 0.833. The fourth-order valence-electron chi connectivity index (χ4n) is 3.04. The van der Waals surface area contributed by atoms with Crippen molar-refractivity contribution in [3.8, 4) is 11.5 Å². The summed E-state index contributed by atoms with van der Waals surface area (Å²) in [6, 6.07) is 28.7. The lowest BCUT2D eigenvalue weighted by Crippen LogP contribution is -2.17. The summed E-state index contributed by atoms with van der Waals surface area (Å²) in [4.78, 5) is 16.0. The van der Waals surface area contributed by atoms with Gasteiger partial charge in [-0.05, 0) is 47.0 Å². The molecule has 0 bridgehead atoms. The minimum atomic E-state index is -0.308. The molecule has 0 unspecified atom stereocenters. The lowest BCUT2D eigenvalue weighted by Gasteiger charge is -2.14. The number of nitrogens with one attached hydrogen (secondary N) is 1.